The second-order valence-electron chi connectivity index (χ2n) is 5.48. The van der Waals surface area contributed by atoms with Crippen LogP contribution in [0.15, 0.2) is 28.6 Å². The number of benzene rings is 1. The molecule has 0 radical (unpaired) electrons. The third-order valence-corrected chi connectivity index (χ3v) is 4.42. The van der Waals surface area contributed by atoms with Gasteiger partial charge in [-0.1, -0.05) is 17.7 Å². The molecule has 1 aromatic rings. The molecule has 1 fully saturated rings. The average Bonchev–Trinajstić information content (AvgIpc) is 3.08. The first-order chi connectivity index (χ1) is 11.9. The van der Waals surface area contributed by atoms with Crippen LogP contribution in [0.1, 0.15) is 12.5 Å². The number of carbonyl (C=O) groups is 3. The Morgan fingerprint density at radius 1 is 1.36 bits per heavy atom. The van der Waals surface area contributed by atoms with Crippen LogP contribution in [0.3, 0.4) is 0 Å². The number of hydrogen-bond acceptors (Lipinski definition) is 7. The monoisotopic (exact) mass is 364 g/mol. The van der Waals surface area contributed by atoms with Crippen LogP contribution in [0.4, 0.5) is 5.69 Å². The fourth-order valence-corrected chi connectivity index (χ4v) is 2.98. The van der Waals surface area contributed by atoms with E-state index in [1.54, 1.807) is 26.0 Å². The van der Waals surface area contributed by atoms with Gasteiger partial charge in [0.15, 0.2) is 11.8 Å². The molecule has 0 aromatic heterocycles. The molecule has 0 unspecified atom stereocenters. The highest BCUT2D eigenvalue weighted by Gasteiger charge is 2.59. The summed E-state index contributed by atoms with van der Waals surface area (Å²) in [6.45, 7) is 3.42. The van der Waals surface area contributed by atoms with E-state index < -0.39 is 29.7 Å². The Labute approximate surface area is 147 Å². The van der Waals surface area contributed by atoms with Crippen LogP contribution >= 0.6 is 11.6 Å². The zero-order valence-corrected chi connectivity index (χ0v) is 14.1. The van der Waals surface area contributed by atoms with Gasteiger partial charge in [-0.3, -0.25) is 9.59 Å². The van der Waals surface area contributed by atoms with Crippen molar-refractivity contribution in [1.29, 1.82) is 0 Å². The first-order valence-corrected chi connectivity index (χ1v) is 7.80. The zero-order valence-electron chi connectivity index (χ0n) is 13.3. The van der Waals surface area contributed by atoms with E-state index in [-0.39, 0.29) is 18.0 Å². The number of halogens is 1. The number of ether oxygens (including phenoxy) is 1. The first-order valence-electron chi connectivity index (χ1n) is 7.42. The lowest BCUT2D eigenvalue weighted by Gasteiger charge is -2.17. The Hall–Kier alpha value is -2.81. The van der Waals surface area contributed by atoms with E-state index >= 15 is 0 Å². The second-order valence-corrected chi connectivity index (χ2v) is 5.88. The maximum absolute atomic E-state index is 12.8. The molecule has 2 aliphatic rings. The number of hydrazone groups is 1. The lowest BCUT2D eigenvalue weighted by atomic mass is 9.98. The molecule has 2 heterocycles. The summed E-state index contributed by atoms with van der Waals surface area (Å²) in [7, 11) is 0. The molecule has 1 aromatic carbocycles. The number of rotatable bonds is 4. The maximum Gasteiger partial charge on any atom is 0.355 e. The number of anilines is 1. The van der Waals surface area contributed by atoms with E-state index in [4.69, 9.17) is 16.3 Å². The van der Waals surface area contributed by atoms with Crippen molar-refractivity contribution in [2.24, 2.45) is 16.3 Å². The van der Waals surface area contributed by atoms with Crippen molar-refractivity contribution >= 4 is 40.8 Å². The van der Waals surface area contributed by atoms with Gasteiger partial charge in [-0.15, -0.1) is 15.1 Å². The number of nitrogens with zero attached hydrogens (tertiary/aromatic N) is 4. The normalized spacial score (nSPS) is 22.1. The van der Waals surface area contributed by atoms with Crippen molar-refractivity contribution in [3.8, 4) is 0 Å². The molecule has 2 atom stereocenters. The van der Waals surface area contributed by atoms with Gasteiger partial charge in [-0.05, 0) is 31.5 Å². The highest BCUT2D eigenvalue weighted by molar-refractivity contribution is 6.46. The molecule has 0 spiro atoms. The van der Waals surface area contributed by atoms with Crippen LogP contribution in [0.5, 0.6) is 0 Å². The van der Waals surface area contributed by atoms with Gasteiger partial charge in [0.1, 0.15) is 5.92 Å². The quantitative estimate of drug-likeness (QED) is 0.454. The minimum absolute atomic E-state index is 0.0587. The van der Waals surface area contributed by atoms with Crippen LogP contribution in [0, 0.1) is 17.7 Å². The minimum atomic E-state index is -1.30. The third kappa shape index (κ3) is 2.56. The highest BCUT2D eigenvalue weighted by Crippen LogP contribution is 2.36. The lowest BCUT2D eigenvalue weighted by Crippen LogP contribution is -2.36. The van der Waals surface area contributed by atoms with Crippen molar-refractivity contribution < 1.29 is 19.1 Å². The molecule has 10 heteroatoms. The summed E-state index contributed by atoms with van der Waals surface area (Å²) in [4.78, 5) is 49.3. The summed E-state index contributed by atoms with van der Waals surface area (Å²) < 4.78 is 4.84. The van der Waals surface area contributed by atoms with E-state index in [0.717, 1.165) is 10.5 Å². The van der Waals surface area contributed by atoms with Crippen molar-refractivity contribution in [2.45, 2.75) is 19.9 Å². The van der Waals surface area contributed by atoms with Gasteiger partial charge in [0.05, 0.1) is 17.6 Å². The summed E-state index contributed by atoms with van der Waals surface area (Å²) in [5.74, 6) is -3.51. The van der Waals surface area contributed by atoms with Gasteiger partial charge < -0.3 is 4.74 Å². The molecule has 2 aliphatic heterocycles. The lowest BCUT2D eigenvalue weighted by molar-refractivity contribution is -0.136. The number of fused-ring (bicyclic) bond motifs is 1. The van der Waals surface area contributed by atoms with Crippen molar-refractivity contribution in [2.75, 3.05) is 11.5 Å². The largest absolute Gasteiger partial charge is 0.461 e. The summed E-state index contributed by atoms with van der Waals surface area (Å²) in [6, 6.07) is 3.37. The Balaban J connectivity index is 2.02. The second kappa shape index (κ2) is 6.25. The molecular formula is C15H13ClN4O5. The Morgan fingerprint density at radius 2 is 2.08 bits per heavy atom. The van der Waals surface area contributed by atoms with E-state index in [0.29, 0.717) is 10.1 Å². The van der Waals surface area contributed by atoms with E-state index in [9.17, 15) is 19.3 Å². The molecule has 0 bridgehead atoms. The fourth-order valence-electron chi connectivity index (χ4n) is 2.81. The van der Waals surface area contributed by atoms with Crippen LogP contribution in [0.2, 0.25) is 5.02 Å². The van der Waals surface area contributed by atoms with Crippen LogP contribution in [0.25, 0.3) is 0 Å². The summed E-state index contributed by atoms with van der Waals surface area (Å²) >= 11 is 6.06. The van der Waals surface area contributed by atoms with E-state index in [2.05, 4.69) is 10.4 Å². The van der Waals surface area contributed by atoms with Crippen LogP contribution in [-0.4, -0.2) is 41.3 Å². The van der Waals surface area contributed by atoms with E-state index in [1.807, 2.05) is 0 Å². The molecule has 0 saturated carbocycles. The predicted octanol–water partition coefficient (Wildman–Crippen LogP) is 1.42. The summed E-state index contributed by atoms with van der Waals surface area (Å²) in [5.41, 5.74) is 0.703. The number of imide groups is 1. The van der Waals surface area contributed by atoms with Crippen molar-refractivity contribution in [1.82, 2.24) is 5.12 Å². The standard InChI is InChI=1S/C15H13ClN4O5/c1-3-25-15(23)11-10-12(20(17-11)18-24)14(22)19(13(10)21)8-5-4-7(2)9(16)6-8/h4-6,10,12H,3H2,1-2H3/t10-,12-/m0/s1. The van der Waals surface area contributed by atoms with Gasteiger partial charge in [-0.25, -0.2) is 9.69 Å². The summed E-state index contributed by atoms with van der Waals surface area (Å²) in [6.07, 6.45) is 0. The number of hydrogen-bond donors (Lipinski definition) is 0. The Bertz CT molecular complexity index is 824. The Kier molecular flexibility index (Phi) is 4.25. The number of nitroso groups, excluding NO2 is 1. The Morgan fingerprint density at radius 3 is 2.68 bits per heavy atom. The van der Waals surface area contributed by atoms with Gasteiger partial charge in [-0.2, -0.15) is 0 Å². The molecule has 0 N–H and O–H groups in total. The minimum Gasteiger partial charge on any atom is -0.461 e. The number of carbonyl (C=O) groups excluding carboxylic acids is 3. The number of esters is 1. The predicted molar refractivity (Wildman–Crippen MR) is 87.7 cm³/mol. The molecule has 2 amide bonds. The topological polar surface area (TPSA) is 109 Å². The molecule has 3 rings (SSSR count). The molecular weight excluding hydrogens is 352 g/mol. The van der Waals surface area contributed by atoms with Gasteiger partial charge >= 0.3 is 5.97 Å². The highest BCUT2D eigenvalue weighted by atomic mass is 35.5. The number of aryl methyl sites for hydroxylation is 1. The van der Waals surface area contributed by atoms with Crippen molar-refractivity contribution in [3.63, 3.8) is 0 Å². The smallest absolute Gasteiger partial charge is 0.355 e. The molecule has 25 heavy (non-hydrogen) atoms. The van der Waals surface area contributed by atoms with Gasteiger partial charge in [0.25, 0.3) is 5.91 Å². The molecule has 130 valence electrons. The zero-order chi connectivity index (χ0) is 18.3. The molecule has 9 nitrogen and oxygen atoms in total. The first kappa shape index (κ1) is 17.0. The van der Waals surface area contributed by atoms with Gasteiger partial charge in [0.2, 0.25) is 5.91 Å². The van der Waals surface area contributed by atoms with Crippen molar-refractivity contribution in [3.05, 3.63) is 33.7 Å². The fraction of sp³-hybridized carbons (Fsp3) is 0.333. The average molecular weight is 365 g/mol. The SMILES string of the molecule is CCOC(=O)C1=NN(N=O)[C@@H]2C(=O)N(c3ccc(C)c(Cl)c3)C(=O)[C@@H]12. The molecule has 0 aliphatic carbocycles. The molecule has 1 saturated heterocycles. The van der Waals surface area contributed by atoms with Gasteiger partial charge in [0, 0.05) is 5.02 Å². The van der Waals surface area contributed by atoms with E-state index in [1.165, 1.54) is 6.07 Å². The van der Waals surface area contributed by atoms with Crippen LogP contribution < -0.4 is 4.90 Å². The maximum atomic E-state index is 12.8. The number of amides is 2. The third-order valence-electron chi connectivity index (χ3n) is 4.01. The van der Waals surface area contributed by atoms with Crippen LogP contribution in [-0.2, 0) is 19.1 Å². The summed E-state index contributed by atoms with van der Waals surface area (Å²) in [5, 5.41) is 7.21.